The van der Waals surface area contributed by atoms with Crippen molar-refractivity contribution in [1.82, 2.24) is 0 Å². The van der Waals surface area contributed by atoms with Crippen LogP contribution in [0, 0.1) is 6.92 Å². The summed E-state index contributed by atoms with van der Waals surface area (Å²) in [5.74, 6) is 1.20. The smallest absolute Gasteiger partial charge is 0.126 e. The van der Waals surface area contributed by atoms with E-state index in [1.54, 1.807) is 0 Å². The van der Waals surface area contributed by atoms with E-state index in [2.05, 4.69) is 39.8 Å². The first-order valence-electron chi connectivity index (χ1n) is 6.71. The Labute approximate surface area is 104 Å². The summed E-state index contributed by atoms with van der Waals surface area (Å²) in [5, 5.41) is 0. The number of rotatable bonds is 1. The number of hydrogen-bond acceptors (Lipinski definition) is 1. The van der Waals surface area contributed by atoms with Gasteiger partial charge in [-0.25, -0.2) is 0 Å². The van der Waals surface area contributed by atoms with E-state index >= 15 is 0 Å². The van der Waals surface area contributed by atoms with Gasteiger partial charge in [-0.15, -0.1) is 0 Å². The van der Waals surface area contributed by atoms with E-state index in [4.69, 9.17) is 4.74 Å². The summed E-state index contributed by atoms with van der Waals surface area (Å²) in [7, 11) is 0. The van der Waals surface area contributed by atoms with E-state index in [0.717, 1.165) is 13.0 Å². The van der Waals surface area contributed by atoms with Gasteiger partial charge in [0, 0.05) is 11.1 Å². The SMILES string of the molecule is Cc1cc2c(c(C3(C)CC3)c1)OCCC2(C)C. The van der Waals surface area contributed by atoms with Gasteiger partial charge in [-0.1, -0.05) is 38.5 Å². The minimum atomic E-state index is 0.263. The molecule has 1 aromatic rings. The molecule has 3 rings (SSSR count). The van der Waals surface area contributed by atoms with Gasteiger partial charge in [-0.3, -0.25) is 0 Å². The molecule has 0 atom stereocenters. The van der Waals surface area contributed by atoms with E-state index in [0.29, 0.717) is 5.41 Å². The average molecular weight is 230 g/mol. The largest absolute Gasteiger partial charge is 0.493 e. The minimum Gasteiger partial charge on any atom is -0.493 e. The van der Waals surface area contributed by atoms with Gasteiger partial charge in [0.2, 0.25) is 0 Å². The zero-order chi connectivity index (χ0) is 12.3. The lowest BCUT2D eigenvalue weighted by Gasteiger charge is -2.35. The summed E-state index contributed by atoms with van der Waals surface area (Å²) >= 11 is 0. The normalized spacial score (nSPS) is 23.8. The van der Waals surface area contributed by atoms with Crippen LogP contribution in [0.25, 0.3) is 0 Å². The molecule has 1 aliphatic carbocycles. The van der Waals surface area contributed by atoms with Gasteiger partial charge in [-0.2, -0.15) is 0 Å². The molecule has 17 heavy (non-hydrogen) atoms. The number of hydrogen-bond donors (Lipinski definition) is 0. The number of ether oxygens (including phenoxy) is 1. The summed E-state index contributed by atoms with van der Waals surface area (Å²) in [6.07, 6.45) is 3.75. The first-order chi connectivity index (χ1) is 7.92. The molecule has 0 aromatic heterocycles. The van der Waals surface area contributed by atoms with Crippen molar-refractivity contribution in [2.75, 3.05) is 6.61 Å². The van der Waals surface area contributed by atoms with Gasteiger partial charge in [0.1, 0.15) is 5.75 Å². The lowest BCUT2D eigenvalue weighted by Crippen LogP contribution is -2.28. The average Bonchev–Trinajstić information content (AvgIpc) is 2.98. The van der Waals surface area contributed by atoms with Crippen molar-refractivity contribution in [1.29, 1.82) is 0 Å². The van der Waals surface area contributed by atoms with Crippen molar-refractivity contribution < 1.29 is 4.74 Å². The summed E-state index contributed by atoms with van der Waals surface area (Å²) < 4.78 is 6.01. The van der Waals surface area contributed by atoms with Gasteiger partial charge in [0.25, 0.3) is 0 Å². The second-order valence-electron chi connectivity index (χ2n) is 6.73. The molecule has 1 heteroatoms. The van der Waals surface area contributed by atoms with Crippen LogP contribution in [-0.2, 0) is 10.8 Å². The number of benzene rings is 1. The fourth-order valence-electron chi connectivity index (χ4n) is 2.88. The third kappa shape index (κ3) is 1.67. The Morgan fingerprint density at radius 1 is 1.00 bits per heavy atom. The molecular weight excluding hydrogens is 208 g/mol. The molecule has 1 aliphatic heterocycles. The predicted molar refractivity (Wildman–Crippen MR) is 70.9 cm³/mol. The first kappa shape index (κ1) is 11.1. The Balaban J connectivity index is 2.21. The van der Waals surface area contributed by atoms with Crippen LogP contribution in [0.1, 0.15) is 56.7 Å². The Bertz CT molecular complexity index is 449. The third-order valence-corrected chi connectivity index (χ3v) is 4.59. The molecule has 1 heterocycles. The Hall–Kier alpha value is -0.980. The van der Waals surface area contributed by atoms with E-state index < -0.39 is 0 Å². The third-order valence-electron chi connectivity index (χ3n) is 4.59. The lowest BCUT2D eigenvalue weighted by molar-refractivity contribution is 0.230. The molecule has 0 N–H and O–H groups in total. The van der Waals surface area contributed by atoms with Gasteiger partial charge in [0.15, 0.2) is 0 Å². The molecule has 1 saturated carbocycles. The van der Waals surface area contributed by atoms with Gasteiger partial charge in [-0.05, 0) is 37.0 Å². The van der Waals surface area contributed by atoms with Crippen molar-refractivity contribution in [2.45, 2.75) is 57.8 Å². The minimum absolute atomic E-state index is 0.263. The second kappa shape index (κ2) is 3.28. The zero-order valence-corrected chi connectivity index (χ0v) is 11.4. The highest BCUT2D eigenvalue weighted by atomic mass is 16.5. The van der Waals surface area contributed by atoms with E-state index in [9.17, 15) is 0 Å². The molecule has 1 nitrogen and oxygen atoms in total. The quantitative estimate of drug-likeness (QED) is 0.705. The number of fused-ring (bicyclic) bond motifs is 1. The van der Waals surface area contributed by atoms with Crippen LogP contribution >= 0.6 is 0 Å². The van der Waals surface area contributed by atoms with Crippen molar-refractivity contribution in [3.05, 3.63) is 28.8 Å². The molecular formula is C16H22O. The van der Waals surface area contributed by atoms with Crippen LogP contribution in [0.3, 0.4) is 0 Å². The van der Waals surface area contributed by atoms with Crippen LogP contribution in [0.15, 0.2) is 12.1 Å². The fourth-order valence-corrected chi connectivity index (χ4v) is 2.88. The molecule has 92 valence electrons. The highest BCUT2D eigenvalue weighted by Gasteiger charge is 2.43. The summed E-state index contributed by atoms with van der Waals surface area (Å²) in [4.78, 5) is 0. The maximum Gasteiger partial charge on any atom is 0.126 e. The molecule has 0 spiro atoms. The fraction of sp³-hybridized carbons (Fsp3) is 0.625. The molecule has 0 unspecified atom stereocenters. The first-order valence-corrected chi connectivity index (χ1v) is 6.71. The van der Waals surface area contributed by atoms with Crippen LogP contribution in [0.2, 0.25) is 0 Å². The van der Waals surface area contributed by atoms with Crippen LogP contribution < -0.4 is 4.74 Å². The zero-order valence-electron chi connectivity index (χ0n) is 11.4. The summed E-state index contributed by atoms with van der Waals surface area (Å²) in [5.41, 5.74) is 4.92. The maximum atomic E-state index is 6.01. The van der Waals surface area contributed by atoms with E-state index in [-0.39, 0.29) is 5.41 Å². The maximum absolute atomic E-state index is 6.01. The van der Waals surface area contributed by atoms with Crippen LogP contribution in [0.4, 0.5) is 0 Å². The standard InChI is InChI=1S/C16H22O/c1-11-9-12-14(17-8-7-15(12,2)3)13(10-11)16(4)5-6-16/h9-10H,5-8H2,1-4H3. The van der Waals surface area contributed by atoms with E-state index in [1.807, 2.05) is 0 Å². The van der Waals surface area contributed by atoms with Gasteiger partial charge >= 0.3 is 0 Å². The molecule has 0 amide bonds. The van der Waals surface area contributed by atoms with Crippen LogP contribution in [-0.4, -0.2) is 6.61 Å². The summed E-state index contributed by atoms with van der Waals surface area (Å²) in [6, 6.07) is 4.66. The molecule has 0 bridgehead atoms. The van der Waals surface area contributed by atoms with Gasteiger partial charge in [0.05, 0.1) is 6.61 Å². The topological polar surface area (TPSA) is 9.23 Å². The highest BCUT2D eigenvalue weighted by molar-refractivity contribution is 5.53. The Kier molecular flexibility index (Phi) is 2.14. The molecule has 1 aromatic carbocycles. The Morgan fingerprint density at radius 2 is 1.65 bits per heavy atom. The van der Waals surface area contributed by atoms with E-state index in [1.165, 1.54) is 35.3 Å². The summed E-state index contributed by atoms with van der Waals surface area (Å²) in [6.45, 7) is 10.1. The van der Waals surface area contributed by atoms with Crippen molar-refractivity contribution >= 4 is 0 Å². The second-order valence-corrected chi connectivity index (χ2v) is 6.73. The van der Waals surface area contributed by atoms with Crippen molar-refractivity contribution in [2.24, 2.45) is 0 Å². The molecule has 0 radical (unpaired) electrons. The number of aryl methyl sites for hydroxylation is 1. The Morgan fingerprint density at radius 3 is 2.29 bits per heavy atom. The predicted octanol–water partition coefficient (Wildman–Crippen LogP) is 4.11. The molecule has 2 aliphatic rings. The monoisotopic (exact) mass is 230 g/mol. The van der Waals surface area contributed by atoms with Crippen molar-refractivity contribution in [3.8, 4) is 5.75 Å². The van der Waals surface area contributed by atoms with Gasteiger partial charge < -0.3 is 4.74 Å². The highest BCUT2D eigenvalue weighted by Crippen LogP contribution is 2.54. The van der Waals surface area contributed by atoms with Crippen LogP contribution in [0.5, 0.6) is 5.75 Å². The molecule has 0 saturated heterocycles. The lowest BCUT2D eigenvalue weighted by atomic mass is 9.77. The van der Waals surface area contributed by atoms with Crippen molar-refractivity contribution in [3.63, 3.8) is 0 Å². The molecule has 1 fully saturated rings.